The van der Waals surface area contributed by atoms with Gasteiger partial charge in [0.1, 0.15) is 0 Å². The van der Waals surface area contributed by atoms with Crippen molar-refractivity contribution in [2.75, 3.05) is 32.7 Å². The van der Waals surface area contributed by atoms with E-state index in [0.717, 1.165) is 38.0 Å². The van der Waals surface area contributed by atoms with E-state index in [0.29, 0.717) is 18.7 Å². The zero-order valence-electron chi connectivity index (χ0n) is 13.3. The minimum absolute atomic E-state index is 0.0178. The predicted octanol–water partition coefficient (Wildman–Crippen LogP) is 1.45. The predicted molar refractivity (Wildman–Crippen MR) is 84.7 cm³/mol. The van der Waals surface area contributed by atoms with Crippen molar-refractivity contribution in [2.24, 2.45) is 0 Å². The molecule has 0 aromatic carbocycles. The fourth-order valence-electron chi connectivity index (χ4n) is 3.63. The van der Waals surface area contributed by atoms with Crippen LogP contribution in [0.15, 0.2) is 18.5 Å². The smallest absolute Gasteiger partial charge is 0.255 e. The fraction of sp³-hybridized carbons (Fsp3) is 0.647. The van der Waals surface area contributed by atoms with Gasteiger partial charge in [-0.1, -0.05) is 0 Å². The number of β-amino-alcohol motifs (C(OH)–C–C–N with tert-alkyl or cyclic N) is 1. The van der Waals surface area contributed by atoms with Crippen molar-refractivity contribution in [1.82, 2.24) is 14.8 Å². The number of aliphatic hydroxyl groups is 1. The number of hydrogen-bond donors (Lipinski definition) is 1. The number of carbonyl (C=O) groups is 1. The van der Waals surface area contributed by atoms with Crippen LogP contribution in [-0.4, -0.2) is 64.1 Å². The number of likely N-dealkylation sites (tertiary alicyclic amines) is 2. The highest BCUT2D eigenvalue weighted by Gasteiger charge is 2.37. The summed E-state index contributed by atoms with van der Waals surface area (Å²) in [4.78, 5) is 20.8. The number of amides is 1. The van der Waals surface area contributed by atoms with Gasteiger partial charge in [0.25, 0.3) is 5.91 Å². The van der Waals surface area contributed by atoms with Crippen LogP contribution in [0.2, 0.25) is 0 Å². The van der Waals surface area contributed by atoms with E-state index in [2.05, 4.69) is 9.88 Å². The van der Waals surface area contributed by atoms with Gasteiger partial charge >= 0.3 is 0 Å². The van der Waals surface area contributed by atoms with Gasteiger partial charge < -0.3 is 14.9 Å². The van der Waals surface area contributed by atoms with Gasteiger partial charge in [0.05, 0.1) is 17.7 Å². The zero-order chi connectivity index (χ0) is 15.6. The monoisotopic (exact) mass is 303 g/mol. The quantitative estimate of drug-likeness (QED) is 0.918. The van der Waals surface area contributed by atoms with E-state index in [1.165, 1.54) is 12.8 Å². The highest BCUT2D eigenvalue weighted by Crippen LogP contribution is 2.25. The maximum atomic E-state index is 12.6. The van der Waals surface area contributed by atoms with Gasteiger partial charge in [-0.15, -0.1) is 0 Å². The summed E-state index contributed by atoms with van der Waals surface area (Å²) >= 11 is 0. The van der Waals surface area contributed by atoms with Gasteiger partial charge in [-0.05, 0) is 57.3 Å². The normalized spacial score (nSPS) is 26.4. The number of aromatic nitrogens is 1. The van der Waals surface area contributed by atoms with E-state index >= 15 is 0 Å². The van der Waals surface area contributed by atoms with E-state index < -0.39 is 5.60 Å². The van der Waals surface area contributed by atoms with Crippen LogP contribution in [0.25, 0.3) is 0 Å². The first kappa shape index (κ1) is 15.4. The lowest BCUT2D eigenvalue weighted by atomic mass is 9.91. The first-order chi connectivity index (χ1) is 10.6. The molecule has 1 aromatic heterocycles. The van der Waals surface area contributed by atoms with Crippen molar-refractivity contribution >= 4 is 5.91 Å². The van der Waals surface area contributed by atoms with Crippen molar-refractivity contribution in [3.63, 3.8) is 0 Å². The Hall–Kier alpha value is -1.46. The SMILES string of the molecule is Cc1cncc(C(=O)N2CCC[C@@](O)(CN3CCCC3)C2)c1. The molecule has 0 radical (unpaired) electrons. The summed E-state index contributed by atoms with van der Waals surface area (Å²) in [5, 5.41) is 10.9. The van der Waals surface area contributed by atoms with Crippen molar-refractivity contribution in [3.8, 4) is 0 Å². The summed E-state index contributed by atoms with van der Waals surface area (Å²) in [6, 6.07) is 1.86. The number of rotatable bonds is 3. The molecule has 3 heterocycles. The zero-order valence-corrected chi connectivity index (χ0v) is 13.3. The number of nitrogens with zero attached hydrogens (tertiary/aromatic N) is 3. The number of pyridine rings is 1. The van der Waals surface area contributed by atoms with E-state index in [1.54, 1.807) is 17.3 Å². The van der Waals surface area contributed by atoms with Gasteiger partial charge in [0.15, 0.2) is 0 Å². The van der Waals surface area contributed by atoms with Gasteiger partial charge in [-0.25, -0.2) is 0 Å². The second-order valence-corrected chi connectivity index (χ2v) is 6.79. The molecule has 2 aliphatic heterocycles. The van der Waals surface area contributed by atoms with Crippen LogP contribution in [0, 0.1) is 6.92 Å². The molecule has 5 nitrogen and oxygen atoms in total. The van der Waals surface area contributed by atoms with Crippen LogP contribution in [-0.2, 0) is 0 Å². The topological polar surface area (TPSA) is 56.7 Å². The van der Waals surface area contributed by atoms with Crippen LogP contribution >= 0.6 is 0 Å². The van der Waals surface area contributed by atoms with E-state index in [4.69, 9.17) is 0 Å². The van der Waals surface area contributed by atoms with Crippen LogP contribution in [0.1, 0.15) is 41.6 Å². The molecule has 0 unspecified atom stereocenters. The van der Waals surface area contributed by atoms with Gasteiger partial charge in [0.2, 0.25) is 0 Å². The summed E-state index contributed by atoms with van der Waals surface area (Å²) in [6.45, 7) is 5.90. The summed E-state index contributed by atoms with van der Waals surface area (Å²) < 4.78 is 0. The molecule has 0 saturated carbocycles. The van der Waals surface area contributed by atoms with Crippen molar-refractivity contribution in [3.05, 3.63) is 29.6 Å². The molecule has 2 saturated heterocycles. The molecule has 0 aliphatic carbocycles. The van der Waals surface area contributed by atoms with Crippen LogP contribution in [0.4, 0.5) is 0 Å². The highest BCUT2D eigenvalue weighted by atomic mass is 16.3. The van der Waals surface area contributed by atoms with Crippen molar-refractivity contribution in [1.29, 1.82) is 0 Å². The number of carbonyl (C=O) groups excluding carboxylic acids is 1. The molecule has 22 heavy (non-hydrogen) atoms. The Bertz CT molecular complexity index is 542. The fourth-order valence-corrected chi connectivity index (χ4v) is 3.63. The Morgan fingerprint density at radius 1 is 1.27 bits per heavy atom. The number of piperidine rings is 1. The molecule has 0 bridgehead atoms. The molecular formula is C17H25N3O2. The first-order valence-electron chi connectivity index (χ1n) is 8.21. The van der Waals surface area contributed by atoms with E-state index in [1.807, 2.05) is 13.0 Å². The molecule has 120 valence electrons. The average molecular weight is 303 g/mol. The molecule has 1 aromatic rings. The summed E-state index contributed by atoms with van der Waals surface area (Å²) in [7, 11) is 0. The molecule has 3 rings (SSSR count). The largest absolute Gasteiger partial charge is 0.387 e. The van der Waals surface area contributed by atoms with E-state index in [9.17, 15) is 9.90 Å². The van der Waals surface area contributed by atoms with Crippen LogP contribution in [0.5, 0.6) is 0 Å². The maximum Gasteiger partial charge on any atom is 0.255 e. The molecule has 0 spiro atoms. The molecular weight excluding hydrogens is 278 g/mol. The summed E-state index contributed by atoms with van der Waals surface area (Å²) in [6.07, 6.45) is 7.43. The van der Waals surface area contributed by atoms with Gasteiger partial charge in [0, 0.05) is 25.5 Å². The van der Waals surface area contributed by atoms with Gasteiger partial charge in [-0.2, -0.15) is 0 Å². The molecule has 2 aliphatic rings. The Balaban J connectivity index is 1.68. The maximum absolute atomic E-state index is 12.6. The lowest BCUT2D eigenvalue weighted by Crippen LogP contribution is -2.55. The number of aryl methyl sites for hydroxylation is 1. The Labute approximate surface area is 131 Å². The van der Waals surface area contributed by atoms with Crippen LogP contribution in [0.3, 0.4) is 0 Å². The Morgan fingerprint density at radius 2 is 2.05 bits per heavy atom. The minimum atomic E-state index is -0.768. The van der Waals surface area contributed by atoms with Crippen LogP contribution < -0.4 is 0 Å². The third-order valence-corrected chi connectivity index (χ3v) is 4.68. The summed E-state index contributed by atoms with van der Waals surface area (Å²) in [5.41, 5.74) is 0.829. The Kier molecular flexibility index (Phi) is 4.45. The third-order valence-electron chi connectivity index (χ3n) is 4.68. The second kappa shape index (κ2) is 6.34. The highest BCUT2D eigenvalue weighted by molar-refractivity contribution is 5.94. The van der Waals surface area contributed by atoms with E-state index in [-0.39, 0.29) is 5.91 Å². The average Bonchev–Trinajstić information content (AvgIpc) is 2.98. The lowest BCUT2D eigenvalue weighted by Gasteiger charge is -2.41. The van der Waals surface area contributed by atoms with Gasteiger partial charge in [-0.3, -0.25) is 9.78 Å². The number of hydrogen-bond acceptors (Lipinski definition) is 4. The molecule has 1 atom stereocenters. The standard InChI is InChI=1S/C17H25N3O2/c1-14-9-15(11-18-10-14)16(21)20-8-4-5-17(22,13-20)12-19-6-2-3-7-19/h9-11,22H,2-8,12-13H2,1H3/t17-/m1/s1. The molecule has 2 fully saturated rings. The molecule has 1 amide bonds. The first-order valence-corrected chi connectivity index (χ1v) is 8.21. The minimum Gasteiger partial charge on any atom is -0.387 e. The second-order valence-electron chi connectivity index (χ2n) is 6.79. The molecule has 5 heteroatoms. The lowest BCUT2D eigenvalue weighted by molar-refractivity contribution is -0.0431. The third kappa shape index (κ3) is 3.47. The van der Waals surface area contributed by atoms with Crippen molar-refractivity contribution < 1.29 is 9.90 Å². The van der Waals surface area contributed by atoms with Crippen molar-refractivity contribution in [2.45, 2.75) is 38.2 Å². The summed E-state index contributed by atoms with van der Waals surface area (Å²) in [5.74, 6) is -0.0178. The molecule has 1 N–H and O–H groups in total. The Morgan fingerprint density at radius 3 is 2.77 bits per heavy atom.